The Morgan fingerprint density at radius 3 is 2.48 bits per heavy atom. The SMILES string of the molecule is Cc1nc(NC(c2ccc(F)c(Cl)c2)c2nc(S(N)(=O)=O)c(CO)[nH]2)ccc1F. The fraction of sp³-hybridized carbons (Fsp3) is 0.176. The van der Waals surface area contributed by atoms with Gasteiger partial charge in [0, 0.05) is 0 Å². The van der Waals surface area contributed by atoms with Crippen molar-refractivity contribution in [3.63, 3.8) is 0 Å². The average molecular weight is 444 g/mol. The molecule has 1 unspecified atom stereocenters. The molecule has 0 aliphatic heterocycles. The van der Waals surface area contributed by atoms with Gasteiger partial charge in [0.15, 0.2) is 5.03 Å². The number of anilines is 1. The van der Waals surface area contributed by atoms with Crippen molar-refractivity contribution in [2.45, 2.75) is 24.6 Å². The summed E-state index contributed by atoms with van der Waals surface area (Å²) in [6, 6.07) is 5.54. The van der Waals surface area contributed by atoms with Crippen molar-refractivity contribution >= 4 is 27.4 Å². The van der Waals surface area contributed by atoms with Crippen molar-refractivity contribution in [2.75, 3.05) is 5.32 Å². The van der Waals surface area contributed by atoms with Gasteiger partial charge in [-0.3, -0.25) is 0 Å². The number of halogens is 3. The second-order valence-electron chi connectivity index (χ2n) is 6.12. The maximum atomic E-state index is 13.6. The van der Waals surface area contributed by atoms with Gasteiger partial charge in [-0.15, -0.1) is 0 Å². The molecule has 0 radical (unpaired) electrons. The molecule has 3 rings (SSSR count). The Balaban J connectivity index is 2.13. The molecule has 0 aliphatic rings. The van der Waals surface area contributed by atoms with Gasteiger partial charge in [-0.1, -0.05) is 17.7 Å². The number of aromatic nitrogens is 3. The Hall–Kier alpha value is -2.60. The van der Waals surface area contributed by atoms with E-state index in [1.165, 1.54) is 31.2 Å². The lowest BCUT2D eigenvalue weighted by Gasteiger charge is -2.19. The molecule has 0 amide bonds. The maximum absolute atomic E-state index is 13.6. The molecule has 0 aliphatic carbocycles. The molecule has 0 bridgehead atoms. The summed E-state index contributed by atoms with van der Waals surface area (Å²) < 4.78 is 50.7. The Morgan fingerprint density at radius 2 is 1.93 bits per heavy atom. The molecule has 1 atom stereocenters. The van der Waals surface area contributed by atoms with Crippen molar-refractivity contribution in [1.29, 1.82) is 0 Å². The number of primary sulfonamides is 1. The first-order valence-electron chi connectivity index (χ1n) is 8.17. The number of nitrogens with zero attached hydrogens (tertiary/aromatic N) is 2. The van der Waals surface area contributed by atoms with Crippen LogP contribution in [0.3, 0.4) is 0 Å². The highest BCUT2D eigenvalue weighted by molar-refractivity contribution is 7.89. The number of imidazole rings is 1. The zero-order chi connectivity index (χ0) is 21.3. The molecule has 12 heteroatoms. The van der Waals surface area contributed by atoms with E-state index in [2.05, 4.69) is 20.3 Å². The molecule has 154 valence electrons. The predicted octanol–water partition coefficient (Wildman–Crippen LogP) is 2.39. The average Bonchev–Trinajstić information content (AvgIpc) is 3.09. The number of pyridine rings is 1. The van der Waals surface area contributed by atoms with Gasteiger partial charge in [0.1, 0.15) is 29.3 Å². The smallest absolute Gasteiger partial charge is 0.257 e. The fourth-order valence-electron chi connectivity index (χ4n) is 2.67. The number of rotatable bonds is 6. The number of aromatic amines is 1. The molecular weight excluding hydrogens is 428 g/mol. The molecule has 1 aromatic carbocycles. The molecule has 0 fully saturated rings. The van der Waals surface area contributed by atoms with E-state index in [1.807, 2.05) is 0 Å². The first kappa shape index (κ1) is 21.1. The molecule has 29 heavy (non-hydrogen) atoms. The van der Waals surface area contributed by atoms with Gasteiger partial charge in [-0.05, 0) is 36.8 Å². The van der Waals surface area contributed by atoms with Crippen LogP contribution < -0.4 is 10.5 Å². The fourth-order valence-corrected chi connectivity index (χ4v) is 3.54. The summed E-state index contributed by atoms with van der Waals surface area (Å²) in [5, 5.41) is 16.9. The van der Waals surface area contributed by atoms with Crippen LogP contribution in [0.4, 0.5) is 14.6 Å². The van der Waals surface area contributed by atoms with Gasteiger partial charge < -0.3 is 15.4 Å². The van der Waals surface area contributed by atoms with Crippen LogP contribution in [0.5, 0.6) is 0 Å². The summed E-state index contributed by atoms with van der Waals surface area (Å²) in [5.41, 5.74) is 0.414. The summed E-state index contributed by atoms with van der Waals surface area (Å²) in [4.78, 5) is 10.8. The third-order valence-corrected chi connectivity index (χ3v) is 5.22. The first-order valence-corrected chi connectivity index (χ1v) is 10.1. The molecule has 2 heterocycles. The van der Waals surface area contributed by atoms with Gasteiger partial charge in [0.25, 0.3) is 10.0 Å². The number of hydrogen-bond acceptors (Lipinski definition) is 6. The predicted molar refractivity (Wildman–Crippen MR) is 102 cm³/mol. The minimum absolute atomic E-state index is 0.0459. The van der Waals surface area contributed by atoms with Crippen LogP contribution in [-0.2, 0) is 16.6 Å². The van der Waals surface area contributed by atoms with Crippen LogP contribution >= 0.6 is 11.6 Å². The third-order valence-electron chi connectivity index (χ3n) is 4.05. The van der Waals surface area contributed by atoms with Gasteiger partial charge in [0.2, 0.25) is 0 Å². The van der Waals surface area contributed by atoms with E-state index in [-0.39, 0.29) is 28.1 Å². The highest BCUT2D eigenvalue weighted by Gasteiger charge is 2.26. The van der Waals surface area contributed by atoms with Gasteiger partial charge in [0.05, 0.1) is 23.0 Å². The van der Waals surface area contributed by atoms with E-state index in [9.17, 15) is 22.3 Å². The van der Waals surface area contributed by atoms with E-state index < -0.39 is 39.3 Å². The number of benzene rings is 1. The zero-order valence-electron chi connectivity index (χ0n) is 14.9. The number of aryl methyl sites for hydroxylation is 1. The molecule has 0 saturated heterocycles. The van der Waals surface area contributed by atoms with Gasteiger partial charge in [-0.25, -0.2) is 32.3 Å². The second-order valence-corrected chi connectivity index (χ2v) is 8.01. The highest BCUT2D eigenvalue weighted by Crippen LogP contribution is 2.29. The normalized spacial score (nSPS) is 12.8. The first-order chi connectivity index (χ1) is 13.6. The topological polar surface area (TPSA) is 134 Å². The van der Waals surface area contributed by atoms with Crippen molar-refractivity contribution in [2.24, 2.45) is 5.14 Å². The van der Waals surface area contributed by atoms with E-state index in [0.29, 0.717) is 5.56 Å². The summed E-state index contributed by atoms with van der Waals surface area (Å²) in [5.74, 6) is -0.863. The van der Waals surface area contributed by atoms with Gasteiger partial charge >= 0.3 is 0 Å². The maximum Gasteiger partial charge on any atom is 0.257 e. The van der Waals surface area contributed by atoms with Gasteiger partial charge in [-0.2, -0.15) is 0 Å². The van der Waals surface area contributed by atoms with E-state index in [1.54, 1.807) is 0 Å². The number of nitrogens with one attached hydrogen (secondary N) is 2. The third kappa shape index (κ3) is 4.53. The largest absolute Gasteiger partial charge is 0.390 e. The van der Waals surface area contributed by atoms with Crippen LogP contribution in [0.1, 0.15) is 28.8 Å². The molecular formula is C17H16ClF2N5O3S. The number of sulfonamides is 1. The summed E-state index contributed by atoms with van der Waals surface area (Å²) in [6.45, 7) is 0.809. The number of aliphatic hydroxyl groups excluding tert-OH is 1. The number of hydrogen-bond donors (Lipinski definition) is 4. The Morgan fingerprint density at radius 1 is 1.24 bits per heavy atom. The Bertz CT molecular complexity index is 1170. The summed E-state index contributed by atoms with van der Waals surface area (Å²) in [6.07, 6.45) is 0. The van der Waals surface area contributed by atoms with Crippen molar-refractivity contribution in [1.82, 2.24) is 15.0 Å². The minimum atomic E-state index is -4.22. The molecule has 5 N–H and O–H groups in total. The van der Waals surface area contributed by atoms with E-state index in [4.69, 9.17) is 16.7 Å². The quantitative estimate of drug-likeness (QED) is 0.462. The monoisotopic (exact) mass is 443 g/mol. The Labute approximate surface area is 169 Å². The van der Waals surface area contributed by atoms with Crippen LogP contribution in [0, 0.1) is 18.6 Å². The molecule has 0 spiro atoms. The highest BCUT2D eigenvalue weighted by atomic mass is 35.5. The lowest BCUT2D eigenvalue weighted by Crippen LogP contribution is -2.17. The van der Waals surface area contributed by atoms with Crippen LogP contribution in [-0.4, -0.2) is 28.5 Å². The number of aliphatic hydroxyl groups is 1. The lowest BCUT2D eigenvalue weighted by atomic mass is 10.1. The molecule has 0 saturated carbocycles. The zero-order valence-corrected chi connectivity index (χ0v) is 16.5. The lowest BCUT2D eigenvalue weighted by molar-refractivity contribution is 0.273. The van der Waals surface area contributed by atoms with Crippen molar-refractivity contribution in [3.8, 4) is 0 Å². The van der Waals surface area contributed by atoms with Crippen LogP contribution in [0.2, 0.25) is 5.02 Å². The van der Waals surface area contributed by atoms with Crippen molar-refractivity contribution < 1.29 is 22.3 Å². The van der Waals surface area contributed by atoms with Crippen molar-refractivity contribution in [3.05, 3.63) is 69.8 Å². The van der Waals surface area contributed by atoms with E-state index in [0.717, 1.165) is 6.07 Å². The molecule has 2 aromatic heterocycles. The molecule has 3 aromatic rings. The minimum Gasteiger partial charge on any atom is -0.390 e. The summed E-state index contributed by atoms with van der Waals surface area (Å²) in [7, 11) is -4.22. The number of nitrogens with two attached hydrogens (primary N) is 1. The standard InChI is InChI=1S/C17H16ClF2N5O3S/c1-8-11(19)4-5-14(22-8)24-15(9-2-3-12(20)10(18)6-9)16-23-13(7-26)17(25-16)29(21,27)28/h2-6,15,26H,7H2,1H3,(H,22,24)(H,23,25)(H2,21,27,28). The summed E-state index contributed by atoms with van der Waals surface area (Å²) >= 11 is 5.88. The van der Waals surface area contributed by atoms with E-state index >= 15 is 0 Å². The molecule has 8 nitrogen and oxygen atoms in total. The number of H-pyrrole nitrogens is 1. The Kier molecular flexibility index (Phi) is 5.85. The second kappa shape index (κ2) is 8.03. The van der Waals surface area contributed by atoms with Crippen LogP contribution in [0.15, 0.2) is 35.4 Å². The van der Waals surface area contributed by atoms with Crippen LogP contribution in [0.25, 0.3) is 0 Å².